The van der Waals surface area contributed by atoms with E-state index >= 15 is 0 Å². The van der Waals surface area contributed by atoms with Crippen LogP contribution >= 0.6 is 11.6 Å². The first kappa shape index (κ1) is 22.5. The second-order valence-corrected chi connectivity index (χ2v) is 7.85. The minimum atomic E-state index is -0.450. The van der Waals surface area contributed by atoms with Crippen molar-refractivity contribution < 1.29 is 19.1 Å². The third-order valence-corrected chi connectivity index (χ3v) is 5.59. The molecule has 168 valence electrons. The molecule has 0 aliphatic carbocycles. The van der Waals surface area contributed by atoms with Gasteiger partial charge < -0.3 is 19.6 Å². The van der Waals surface area contributed by atoms with Crippen LogP contribution in [-0.2, 0) is 6.61 Å². The van der Waals surface area contributed by atoms with Crippen LogP contribution < -0.4 is 15.6 Å². The molecule has 4 rings (SSSR count). The van der Waals surface area contributed by atoms with Gasteiger partial charge >= 0.3 is 0 Å². The second-order valence-electron chi connectivity index (χ2n) is 7.44. The van der Waals surface area contributed by atoms with Crippen LogP contribution in [-0.4, -0.2) is 23.1 Å². The van der Waals surface area contributed by atoms with Crippen LogP contribution in [0.2, 0.25) is 5.02 Å². The molecule has 4 aromatic rings. The molecule has 0 bridgehead atoms. The number of anilines is 1. The van der Waals surface area contributed by atoms with Crippen molar-refractivity contribution in [2.45, 2.75) is 20.5 Å². The summed E-state index contributed by atoms with van der Waals surface area (Å²) in [6, 6.07) is 14.2. The smallest absolute Gasteiger partial charge is 0.261 e. The Morgan fingerprint density at radius 1 is 1.21 bits per heavy atom. The van der Waals surface area contributed by atoms with Gasteiger partial charge in [-0.05, 0) is 43.7 Å². The Bertz CT molecular complexity index is 1420. The Hall–Kier alpha value is -3.68. The maximum absolute atomic E-state index is 13.4. The number of hydrogen-bond acceptors (Lipinski definition) is 6. The molecule has 0 unspecified atom stereocenters. The number of aryl methyl sites for hydroxylation is 2. The van der Waals surface area contributed by atoms with Crippen LogP contribution in [0.3, 0.4) is 0 Å². The summed E-state index contributed by atoms with van der Waals surface area (Å²) >= 11 is 6.19. The molecule has 0 aliphatic rings. The van der Waals surface area contributed by atoms with E-state index in [4.69, 9.17) is 20.8 Å². The lowest BCUT2D eigenvalue weighted by Gasteiger charge is -2.13. The van der Waals surface area contributed by atoms with Crippen LogP contribution in [0.1, 0.15) is 27.2 Å². The van der Waals surface area contributed by atoms with E-state index in [1.165, 1.54) is 7.11 Å². The minimum absolute atomic E-state index is 0.121. The van der Waals surface area contributed by atoms with Crippen molar-refractivity contribution in [2.75, 3.05) is 12.4 Å². The van der Waals surface area contributed by atoms with Crippen LogP contribution in [0.5, 0.6) is 5.75 Å². The molecule has 0 fully saturated rings. The van der Waals surface area contributed by atoms with Gasteiger partial charge in [-0.2, -0.15) is 0 Å². The first-order valence-electron chi connectivity index (χ1n) is 10.2. The van der Waals surface area contributed by atoms with Gasteiger partial charge in [0.05, 0.1) is 30.8 Å². The normalized spacial score (nSPS) is 11.6. The molecule has 0 radical (unpaired) electrons. The average molecular weight is 464 g/mol. The molecule has 1 amide bonds. The van der Waals surface area contributed by atoms with Crippen molar-refractivity contribution in [3.05, 3.63) is 87.7 Å². The first-order chi connectivity index (χ1) is 15.9. The molecular formula is C25H22ClN3O4. The van der Waals surface area contributed by atoms with Crippen LogP contribution in [0, 0.1) is 13.8 Å². The number of fused-ring (bicyclic) bond motifs is 1. The van der Waals surface area contributed by atoms with E-state index in [1.807, 2.05) is 37.3 Å². The Kier molecular flexibility index (Phi) is 6.44. The molecule has 2 aromatic carbocycles. The van der Waals surface area contributed by atoms with Crippen LogP contribution in [0.4, 0.5) is 11.4 Å². The summed E-state index contributed by atoms with van der Waals surface area (Å²) in [6.07, 6.45) is 1.56. The number of nitrogens with zero attached hydrogens (tertiary/aromatic N) is 2. The zero-order valence-electron chi connectivity index (χ0n) is 18.3. The molecule has 8 heteroatoms. The fourth-order valence-electron chi connectivity index (χ4n) is 3.40. The van der Waals surface area contributed by atoms with Gasteiger partial charge in [0.1, 0.15) is 11.3 Å². The van der Waals surface area contributed by atoms with E-state index in [2.05, 4.69) is 15.3 Å². The molecule has 2 N–H and O–H groups in total. The maximum atomic E-state index is 13.4. The van der Waals surface area contributed by atoms with Gasteiger partial charge in [0.25, 0.3) is 5.91 Å². The number of aliphatic hydroxyl groups is 1. The first-order valence-corrected chi connectivity index (χ1v) is 10.6. The zero-order chi connectivity index (χ0) is 23.5. The number of aromatic nitrogens is 1. The molecule has 0 saturated carbocycles. The van der Waals surface area contributed by atoms with Gasteiger partial charge in [0.2, 0.25) is 5.55 Å². The number of carbonyl (C=O) groups excluding carboxylic acids is 1. The van der Waals surface area contributed by atoms with E-state index in [-0.39, 0.29) is 17.7 Å². The lowest BCUT2D eigenvalue weighted by molar-refractivity contribution is 0.102. The van der Waals surface area contributed by atoms with Gasteiger partial charge in [0, 0.05) is 28.2 Å². The molecule has 2 aromatic heterocycles. The van der Waals surface area contributed by atoms with Crippen molar-refractivity contribution in [3.63, 3.8) is 0 Å². The number of hydrogen-bond donors (Lipinski definition) is 2. The highest BCUT2D eigenvalue weighted by molar-refractivity contribution is 6.31. The minimum Gasteiger partial charge on any atom is -0.495 e. The van der Waals surface area contributed by atoms with Crippen molar-refractivity contribution in [2.24, 2.45) is 4.99 Å². The number of pyridine rings is 1. The summed E-state index contributed by atoms with van der Waals surface area (Å²) in [5, 5.41) is 13.8. The highest BCUT2D eigenvalue weighted by atomic mass is 35.5. The maximum Gasteiger partial charge on any atom is 0.261 e. The second kappa shape index (κ2) is 9.44. The Labute approximate surface area is 195 Å². The fourth-order valence-corrected chi connectivity index (χ4v) is 3.55. The van der Waals surface area contributed by atoms with Gasteiger partial charge in [-0.15, -0.1) is 0 Å². The Morgan fingerprint density at radius 2 is 1.97 bits per heavy atom. The molecule has 0 atom stereocenters. The lowest BCUT2D eigenvalue weighted by Crippen LogP contribution is -2.22. The predicted octanol–water partition coefficient (Wildman–Crippen LogP) is 5.08. The molecule has 33 heavy (non-hydrogen) atoms. The average Bonchev–Trinajstić information content (AvgIpc) is 2.82. The van der Waals surface area contributed by atoms with E-state index in [0.29, 0.717) is 44.4 Å². The standard InChI is InChI=1S/C25H22ClN3O4/c1-14-9-21(22(32-3)11-20(14)26)29-24(31)19-10-18-16(13-30)12-27-15(2)23(18)33-25(19)28-17-7-5-4-6-8-17/h4-12,30H,13H2,1-3H3,(H,29,31). The number of benzene rings is 2. The molecule has 2 heterocycles. The number of carbonyl (C=O) groups is 1. The number of methoxy groups -OCH3 is 1. The third kappa shape index (κ3) is 4.60. The highest BCUT2D eigenvalue weighted by Gasteiger charge is 2.18. The van der Waals surface area contributed by atoms with E-state index in [9.17, 15) is 9.90 Å². The van der Waals surface area contributed by atoms with Crippen LogP contribution in [0.25, 0.3) is 11.0 Å². The third-order valence-electron chi connectivity index (χ3n) is 5.18. The largest absolute Gasteiger partial charge is 0.495 e. The quantitative estimate of drug-likeness (QED) is 0.430. The number of aliphatic hydroxyl groups excluding tert-OH is 1. The molecule has 7 nitrogen and oxygen atoms in total. The van der Waals surface area contributed by atoms with E-state index in [0.717, 1.165) is 5.56 Å². The summed E-state index contributed by atoms with van der Waals surface area (Å²) in [6.45, 7) is 3.38. The number of halogens is 1. The lowest BCUT2D eigenvalue weighted by atomic mass is 10.1. The topological polar surface area (TPSA) is 97.0 Å². The van der Waals surface area contributed by atoms with Gasteiger partial charge in [0.15, 0.2) is 5.58 Å². The molecule has 0 aliphatic heterocycles. The highest BCUT2D eigenvalue weighted by Crippen LogP contribution is 2.31. The Balaban J connectivity index is 1.92. The van der Waals surface area contributed by atoms with Crippen molar-refractivity contribution in [1.82, 2.24) is 4.98 Å². The number of rotatable bonds is 5. The van der Waals surface area contributed by atoms with Gasteiger partial charge in [-0.25, -0.2) is 4.99 Å². The summed E-state index contributed by atoms with van der Waals surface area (Å²) < 4.78 is 11.5. The van der Waals surface area contributed by atoms with E-state index < -0.39 is 5.91 Å². The SMILES string of the molecule is COc1cc(Cl)c(C)cc1NC(=O)c1cc2c(CO)cnc(C)c2oc1=Nc1ccccc1. The number of para-hydroxylation sites is 1. The molecule has 0 spiro atoms. The Morgan fingerprint density at radius 3 is 2.67 bits per heavy atom. The number of ether oxygens (including phenoxy) is 1. The van der Waals surface area contributed by atoms with E-state index in [1.54, 1.807) is 31.3 Å². The predicted molar refractivity (Wildman–Crippen MR) is 127 cm³/mol. The van der Waals surface area contributed by atoms with Gasteiger partial charge in [-0.1, -0.05) is 29.8 Å². The van der Waals surface area contributed by atoms with Gasteiger partial charge in [-0.3, -0.25) is 9.78 Å². The van der Waals surface area contributed by atoms with Crippen molar-refractivity contribution >= 4 is 39.9 Å². The molecule has 0 saturated heterocycles. The summed E-state index contributed by atoms with van der Waals surface area (Å²) in [5.74, 6) is -0.0250. The van der Waals surface area contributed by atoms with Crippen molar-refractivity contribution in [3.8, 4) is 5.75 Å². The fraction of sp³-hybridized carbons (Fsp3) is 0.160. The zero-order valence-corrected chi connectivity index (χ0v) is 19.1. The number of amides is 1. The van der Waals surface area contributed by atoms with Crippen molar-refractivity contribution in [1.29, 1.82) is 0 Å². The van der Waals surface area contributed by atoms with Crippen LogP contribution in [0.15, 0.2) is 64.1 Å². The molecular weight excluding hydrogens is 442 g/mol. The monoisotopic (exact) mass is 463 g/mol. The summed E-state index contributed by atoms with van der Waals surface area (Å²) in [4.78, 5) is 22.3. The summed E-state index contributed by atoms with van der Waals surface area (Å²) in [7, 11) is 1.50. The summed E-state index contributed by atoms with van der Waals surface area (Å²) in [5.41, 5.74) is 3.80. The number of nitrogens with one attached hydrogen (secondary N) is 1.